The van der Waals surface area contributed by atoms with Crippen molar-refractivity contribution in [2.75, 3.05) is 6.61 Å². The highest BCUT2D eigenvalue weighted by atomic mass is 28.4. The summed E-state index contributed by atoms with van der Waals surface area (Å²) in [6.45, 7) is 20.5. The maximum atomic E-state index is 10.5. The third-order valence-corrected chi connectivity index (χ3v) is 9.31. The van der Waals surface area contributed by atoms with Crippen molar-refractivity contribution in [3.63, 3.8) is 0 Å². The summed E-state index contributed by atoms with van der Waals surface area (Å²) in [6, 6.07) is 0. The zero-order valence-electron chi connectivity index (χ0n) is 15.8. The van der Waals surface area contributed by atoms with E-state index in [2.05, 4.69) is 60.7 Å². The second-order valence-electron chi connectivity index (χ2n) is 8.17. The maximum absolute atomic E-state index is 10.5. The first-order valence-corrected chi connectivity index (χ1v) is 11.3. The number of aliphatic hydroxyl groups is 1. The molecule has 0 aliphatic carbocycles. The van der Waals surface area contributed by atoms with Crippen molar-refractivity contribution in [1.29, 1.82) is 0 Å². The van der Waals surface area contributed by atoms with Gasteiger partial charge in [-0.1, -0.05) is 54.0 Å². The normalized spacial score (nSPS) is 18.5. The van der Waals surface area contributed by atoms with Crippen molar-refractivity contribution >= 4 is 8.32 Å². The Morgan fingerprint density at radius 2 is 1.76 bits per heavy atom. The monoisotopic (exact) mass is 314 g/mol. The molecule has 0 heterocycles. The van der Waals surface area contributed by atoms with Crippen molar-refractivity contribution in [3.8, 4) is 0 Å². The van der Waals surface area contributed by atoms with Gasteiger partial charge >= 0.3 is 0 Å². The molecule has 0 bridgehead atoms. The molecule has 2 nitrogen and oxygen atoms in total. The van der Waals surface area contributed by atoms with Crippen LogP contribution in [0.2, 0.25) is 18.1 Å². The smallest absolute Gasteiger partial charge is 0.191 e. The number of hydrogen-bond donors (Lipinski definition) is 1. The van der Waals surface area contributed by atoms with E-state index in [4.69, 9.17) is 4.43 Å². The third kappa shape index (κ3) is 7.12. The summed E-state index contributed by atoms with van der Waals surface area (Å²) in [5.41, 5.74) is 1.09. The molecule has 0 saturated carbocycles. The minimum absolute atomic E-state index is 0.143. The topological polar surface area (TPSA) is 29.5 Å². The summed E-state index contributed by atoms with van der Waals surface area (Å²) in [4.78, 5) is 0. The van der Waals surface area contributed by atoms with E-state index in [0.29, 0.717) is 12.5 Å². The van der Waals surface area contributed by atoms with Crippen LogP contribution in [-0.2, 0) is 4.43 Å². The Morgan fingerprint density at radius 3 is 2.19 bits per heavy atom. The Labute approximate surface area is 134 Å². The van der Waals surface area contributed by atoms with Crippen LogP contribution in [0.1, 0.15) is 61.3 Å². The van der Waals surface area contributed by atoms with Crippen LogP contribution in [0.4, 0.5) is 0 Å². The van der Waals surface area contributed by atoms with Crippen molar-refractivity contribution in [2.24, 2.45) is 11.8 Å². The Morgan fingerprint density at radius 1 is 1.24 bits per heavy atom. The van der Waals surface area contributed by atoms with Crippen LogP contribution in [0.3, 0.4) is 0 Å². The highest BCUT2D eigenvalue weighted by Crippen LogP contribution is 2.37. The molecule has 126 valence electrons. The van der Waals surface area contributed by atoms with Gasteiger partial charge in [-0.15, -0.1) is 0 Å². The minimum atomic E-state index is -1.72. The number of rotatable bonds is 8. The van der Waals surface area contributed by atoms with Crippen molar-refractivity contribution in [1.82, 2.24) is 0 Å². The molecule has 0 unspecified atom stereocenters. The summed E-state index contributed by atoms with van der Waals surface area (Å²) in [5, 5.41) is 10.7. The Kier molecular flexibility index (Phi) is 8.44. The van der Waals surface area contributed by atoms with Crippen molar-refractivity contribution < 1.29 is 9.53 Å². The van der Waals surface area contributed by atoms with Gasteiger partial charge in [0.15, 0.2) is 8.32 Å². The zero-order valence-corrected chi connectivity index (χ0v) is 16.8. The number of aliphatic hydroxyl groups excluding tert-OH is 1. The number of allylic oxidation sites excluding steroid dienone is 1. The second kappa shape index (κ2) is 8.49. The van der Waals surface area contributed by atoms with Gasteiger partial charge in [-0.2, -0.15) is 0 Å². The average molecular weight is 315 g/mol. The zero-order chi connectivity index (χ0) is 16.8. The van der Waals surface area contributed by atoms with Crippen LogP contribution < -0.4 is 0 Å². The van der Waals surface area contributed by atoms with Gasteiger partial charge in [0.1, 0.15) is 0 Å². The van der Waals surface area contributed by atoms with Gasteiger partial charge < -0.3 is 9.53 Å². The molecule has 3 heteroatoms. The first-order valence-electron chi connectivity index (χ1n) is 8.42. The van der Waals surface area contributed by atoms with Crippen LogP contribution in [-0.4, -0.2) is 26.1 Å². The summed E-state index contributed by atoms with van der Waals surface area (Å²) >= 11 is 0. The molecule has 0 aromatic rings. The molecule has 0 spiro atoms. The van der Waals surface area contributed by atoms with E-state index in [9.17, 15) is 5.11 Å². The second-order valence-corrected chi connectivity index (χ2v) is 13.0. The van der Waals surface area contributed by atoms with E-state index in [1.807, 2.05) is 6.92 Å². The lowest BCUT2D eigenvalue weighted by Gasteiger charge is -2.37. The molecule has 0 amide bonds. The van der Waals surface area contributed by atoms with Gasteiger partial charge in [-0.05, 0) is 43.0 Å². The van der Waals surface area contributed by atoms with Gasteiger partial charge in [-0.25, -0.2) is 0 Å². The Bertz CT molecular complexity index is 329. The quantitative estimate of drug-likeness (QED) is 0.481. The van der Waals surface area contributed by atoms with E-state index in [-0.39, 0.29) is 11.0 Å². The standard InChI is InChI=1S/C18H38O2Si/c1-10-11-14(2)12-15(3)17(19)16(4)13-20-21(8,9)18(5,6)7/h12,14,16-17,19H,10-11,13H2,1-9H3/b15-12+/t14-,16-,17+/m1/s1. The SMILES string of the molecule is CCC[C@@H](C)/C=C(\C)[C@H](O)[C@H](C)CO[Si](C)(C)C(C)(C)C. The molecule has 0 rings (SSSR count). The summed E-state index contributed by atoms with van der Waals surface area (Å²) in [7, 11) is -1.72. The highest BCUT2D eigenvalue weighted by molar-refractivity contribution is 6.74. The lowest BCUT2D eigenvalue weighted by Crippen LogP contribution is -2.42. The molecule has 0 saturated heterocycles. The van der Waals surface area contributed by atoms with Gasteiger partial charge in [0.05, 0.1) is 6.10 Å². The van der Waals surface area contributed by atoms with Crippen LogP contribution in [0.5, 0.6) is 0 Å². The fourth-order valence-corrected chi connectivity index (χ4v) is 3.29. The molecular weight excluding hydrogens is 276 g/mol. The first-order chi connectivity index (χ1) is 9.42. The van der Waals surface area contributed by atoms with Gasteiger partial charge in [-0.3, -0.25) is 0 Å². The molecule has 0 radical (unpaired) electrons. The Hall–Kier alpha value is -0.123. The van der Waals surface area contributed by atoms with Gasteiger partial charge in [0.2, 0.25) is 0 Å². The predicted molar refractivity (Wildman–Crippen MR) is 96.1 cm³/mol. The molecule has 0 aromatic carbocycles. The lowest BCUT2D eigenvalue weighted by atomic mass is 9.95. The van der Waals surface area contributed by atoms with E-state index in [1.54, 1.807) is 0 Å². The third-order valence-electron chi connectivity index (χ3n) is 4.81. The fraction of sp³-hybridized carbons (Fsp3) is 0.889. The van der Waals surface area contributed by atoms with Crippen molar-refractivity contribution in [3.05, 3.63) is 11.6 Å². The summed E-state index contributed by atoms with van der Waals surface area (Å²) in [6.07, 6.45) is 4.19. The fourth-order valence-electron chi connectivity index (χ4n) is 2.18. The van der Waals surface area contributed by atoms with Crippen LogP contribution in [0, 0.1) is 11.8 Å². The van der Waals surface area contributed by atoms with E-state index < -0.39 is 14.4 Å². The van der Waals surface area contributed by atoms with Gasteiger partial charge in [0.25, 0.3) is 0 Å². The van der Waals surface area contributed by atoms with Crippen LogP contribution in [0.15, 0.2) is 11.6 Å². The molecule has 0 aromatic heterocycles. The molecule has 0 aliphatic rings. The lowest BCUT2D eigenvalue weighted by molar-refractivity contribution is 0.106. The van der Waals surface area contributed by atoms with E-state index in [1.165, 1.54) is 12.8 Å². The summed E-state index contributed by atoms with van der Waals surface area (Å²) in [5.74, 6) is 0.683. The van der Waals surface area contributed by atoms with E-state index in [0.717, 1.165) is 5.57 Å². The molecule has 0 fully saturated rings. The van der Waals surface area contributed by atoms with Gasteiger partial charge in [0, 0.05) is 12.5 Å². The predicted octanol–water partition coefficient (Wildman–Crippen LogP) is 5.39. The molecule has 1 N–H and O–H groups in total. The van der Waals surface area contributed by atoms with Crippen LogP contribution in [0.25, 0.3) is 0 Å². The minimum Gasteiger partial charge on any atom is -0.416 e. The summed E-state index contributed by atoms with van der Waals surface area (Å²) < 4.78 is 6.23. The highest BCUT2D eigenvalue weighted by Gasteiger charge is 2.37. The molecule has 0 aliphatic heterocycles. The largest absolute Gasteiger partial charge is 0.416 e. The average Bonchev–Trinajstić information content (AvgIpc) is 2.33. The number of hydrogen-bond acceptors (Lipinski definition) is 2. The maximum Gasteiger partial charge on any atom is 0.191 e. The van der Waals surface area contributed by atoms with Crippen molar-refractivity contribution in [2.45, 2.75) is 85.5 Å². The molecule has 3 atom stereocenters. The molecular formula is C18H38O2Si. The van der Waals surface area contributed by atoms with E-state index >= 15 is 0 Å². The first kappa shape index (κ1) is 20.9. The molecule has 21 heavy (non-hydrogen) atoms. The van der Waals surface area contributed by atoms with Crippen LogP contribution >= 0.6 is 0 Å². The Balaban J connectivity index is 4.56.